The quantitative estimate of drug-likeness (QED) is 0.632. The lowest BCUT2D eigenvalue weighted by molar-refractivity contribution is 0.00578. The number of ether oxygens (including phenoxy) is 2. The Morgan fingerprint density at radius 1 is 1.19 bits per heavy atom. The number of rotatable bonds is 4. The van der Waals surface area contributed by atoms with Gasteiger partial charge in [-0.1, -0.05) is 11.6 Å². The average Bonchev–Trinajstić information content (AvgIpc) is 2.59. The minimum atomic E-state index is -0.728. The van der Waals surface area contributed by atoms with E-state index in [2.05, 4.69) is 0 Å². The Bertz CT molecular complexity index is 520. The minimum Gasteiger partial charge on any atom is -0.468 e. The summed E-state index contributed by atoms with van der Waals surface area (Å²) >= 11 is 5.81. The van der Waals surface area contributed by atoms with Crippen LogP contribution in [0.3, 0.4) is 0 Å². The highest BCUT2D eigenvalue weighted by Crippen LogP contribution is 2.37. The van der Waals surface area contributed by atoms with E-state index in [-0.39, 0.29) is 11.8 Å². The van der Waals surface area contributed by atoms with E-state index < -0.39 is 24.1 Å². The van der Waals surface area contributed by atoms with Gasteiger partial charge in [0.05, 0.1) is 16.2 Å². The number of hydrogen-bond donors (Lipinski definition) is 0. The third-order valence-electron chi connectivity index (χ3n) is 3.89. The van der Waals surface area contributed by atoms with Crippen LogP contribution < -0.4 is 10.2 Å². The number of hydrogen-bond acceptors (Lipinski definition) is 4. The minimum absolute atomic E-state index is 0.0223. The van der Waals surface area contributed by atoms with Gasteiger partial charge in [-0.3, -0.25) is 0 Å². The van der Waals surface area contributed by atoms with Crippen LogP contribution in [0.25, 0.3) is 0 Å². The molecule has 116 valence electrons. The topological polar surface area (TPSA) is 36.9 Å². The molecule has 0 bridgehead atoms. The fraction of sp³-hybridized carbons (Fsp3) is 0.571. The van der Waals surface area contributed by atoms with Crippen molar-refractivity contribution in [2.45, 2.75) is 38.9 Å². The first-order chi connectivity index (χ1) is 9.68. The Labute approximate surface area is 129 Å². The van der Waals surface area contributed by atoms with E-state index >= 15 is 0 Å². The van der Waals surface area contributed by atoms with E-state index in [1.807, 2.05) is 27.7 Å². The predicted molar refractivity (Wildman–Crippen MR) is 79.6 cm³/mol. The second-order valence-corrected chi connectivity index (χ2v) is 6.35. The molecule has 1 aromatic carbocycles. The first-order valence-electron chi connectivity index (χ1n) is 6.64. The molecule has 0 atom stereocenters. The lowest BCUT2D eigenvalue weighted by atomic mass is 9.78. The standard InChI is InChI=1S/C14H19BClFO4/c1-13(2)14(3,4)21-15(20-13)9-6-11(17)10(16)7-12(9)19-8-18-5/h6-7H,8H2,1-5H3. The van der Waals surface area contributed by atoms with Crippen LogP contribution in [0.1, 0.15) is 27.7 Å². The fourth-order valence-corrected chi connectivity index (χ4v) is 2.10. The molecular formula is C14H19BClFO4. The second kappa shape index (κ2) is 5.76. The monoisotopic (exact) mass is 316 g/mol. The van der Waals surface area contributed by atoms with Crippen molar-refractivity contribution in [3.05, 3.63) is 23.0 Å². The summed E-state index contributed by atoms with van der Waals surface area (Å²) in [7, 11) is 0.771. The molecule has 1 saturated heterocycles. The normalized spacial score (nSPS) is 19.9. The molecule has 1 aliphatic rings. The molecule has 1 fully saturated rings. The molecule has 4 nitrogen and oxygen atoms in total. The highest BCUT2D eigenvalue weighted by atomic mass is 35.5. The van der Waals surface area contributed by atoms with Crippen LogP contribution in [0.2, 0.25) is 5.02 Å². The van der Waals surface area contributed by atoms with Crippen molar-refractivity contribution in [3.63, 3.8) is 0 Å². The Morgan fingerprint density at radius 3 is 2.29 bits per heavy atom. The summed E-state index contributed by atoms with van der Waals surface area (Å²) in [5.74, 6) is -0.173. The van der Waals surface area contributed by atoms with Crippen molar-refractivity contribution in [1.82, 2.24) is 0 Å². The van der Waals surface area contributed by atoms with Crippen molar-refractivity contribution >= 4 is 24.2 Å². The van der Waals surface area contributed by atoms with Gasteiger partial charge < -0.3 is 18.8 Å². The molecule has 1 aliphatic heterocycles. The van der Waals surface area contributed by atoms with Gasteiger partial charge in [-0.15, -0.1) is 0 Å². The summed E-state index contributed by atoms with van der Waals surface area (Å²) in [6.45, 7) is 7.72. The number of benzene rings is 1. The van der Waals surface area contributed by atoms with Gasteiger partial charge in [0.25, 0.3) is 0 Å². The van der Waals surface area contributed by atoms with E-state index in [1.54, 1.807) is 0 Å². The molecule has 21 heavy (non-hydrogen) atoms. The van der Waals surface area contributed by atoms with Gasteiger partial charge in [0, 0.05) is 18.6 Å². The molecule has 7 heteroatoms. The van der Waals surface area contributed by atoms with Gasteiger partial charge in [-0.05, 0) is 33.8 Å². The maximum atomic E-state index is 13.8. The zero-order valence-corrected chi connectivity index (χ0v) is 13.6. The number of halogens is 2. The molecule has 1 aromatic rings. The molecule has 1 heterocycles. The Hall–Kier alpha value is -0.815. The van der Waals surface area contributed by atoms with Crippen LogP contribution in [0.15, 0.2) is 12.1 Å². The first kappa shape index (κ1) is 16.6. The zero-order valence-electron chi connectivity index (χ0n) is 12.8. The Morgan fingerprint density at radius 2 is 1.76 bits per heavy atom. The molecule has 0 unspecified atom stereocenters. The summed E-state index contributed by atoms with van der Waals surface area (Å²) in [5, 5.41) is -0.0265. The summed E-state index contributed by atoms with van der Waals surface area (Å²) in [6, 6.07) is 2.67. The van der Waals surface area contributed by atoms with Crippen molar-refractivity contribution in [2.24, 2.45) is 0 Å². The van der Waals surface area contributed by atoms with Crippen LogP contribution >= 0.6 is 11.6 Å². The first-order valence-corrected chi connectivity index (χ1v) is 7.02. The smallest absolute Gasteiger partial charge is 0.468 e. The fourth-order valence-electron chi connectivity index (χ4n) is 1.95. The lowest BCUT2D eigenvalue weighted by Crippen LogP contribution is -2.41. The van der Waals surface area contributed by atoms with Crippen LogP contribution in [-0.2, 0) is 14.0 Å². The molecular weight excluding hydrogens is 297 g/mol. The van der Waals surface area contributed by atoms with Gasteiger partial charge in [0.15, 0.2) is 6.79 Å². The van der Waals surface area contributed by atoms with Gasteiger partial charge in [-0.2, -0.15) is 0 Å². The highest BCUT2D eigenvalue weighted by molar-refractivity contribution is 6.63. The van der Waals surface area contributed by atoms with E-state index in [0.29, 0.717) is 11.2 Å². The summed E-state index contributed by atoms with van der Waals surface area (Å²) in [5.41, 5.74) is -0.592. The van der Waals surface area contributed by atoms with Gasteiger partial charge in [0.1, 0.15) is 11.6 Å². The average molecular weight is 317 g/mol. The van der Waals surface area contributed by atoms with Gasteiger partial charge in [0.2, 0.25) is 0 Å². The molecule has 0 spiro atoms. The summed E-state index contributed by atoms with van der Waals surface area (Å²) < 4.78 is 35.9. The molecule has 0 N–H and O–H groups in total. The van der Waals surface area contributed by atoms with Crippen LogP contribution in [0, 0.1) is 5.82 Å². The molecule has 2 rings (SSSR count). The highest BCUT2D eigenvalue weighted by Gasteiger charge is 2.52. The van der Waals surface area contributed by atoms with E-state index in [9.17, 15) is 4.39 Å². The maximum absolute atomic E-state index is 13.8. The van der Waals surface area contributed by atoms with Crippen molar-refractivity contribution in [1.29, 1.82) is 0 Å². The second-order valence-electron chi connectivity index (χ2n) is 5.94. The third-order valence-corrected chi connectivity index (χ3v) is 4.18. The van der Waals surface area contributed by atoms with Crippen LogP contribution in [0.5, 0.6) is 5.75 Å². The zero-order chi connectivity index (χ0) is 15.8. The van der Waals surface area contributed by atoms with Gasteiger partial charge >= 0.3 is 7.12 Å². The predicted octanol–water partition coefficient (Wildman–Crippen LogP) is 2.76. The Balaban J connectivity index is 2.37. The lowest BCUT2D eigenvalue weighted by Gasteiger charge is -2.32. The number of methoxy groups -OCH3 is 1. The van der Waals surface area contributed by atoms with Gasteiger partial charge in [-0.25, -0.2) is 4.39 Å². The summed E-state index contributed by atoms with van der Waals surface area (Å²) in [4.78, 5) is 0. The molecule has 0 saturated carbocycles. The van der Waals surface area contributed by atoms with Crippen molar-refractivity contribution in [2.75, 3.05) is 13.9 Å². The molecule has 0 amide bonds. The Kier molecular flexibility index (Phi) is 4.54. The maximum Gasteiger partial charge on any atom is 0.498 e. The third kappa shape index (κ3) is 3.18. The SMILES string of the molecule is COCOc1cc(Cl)c(F)cc1B1OC(C)(C)C(C)(C)O1. The van der Waals surface area contributed by atoms with E-state index in [4.69, 9.17) is 30.4 Å². The van der Waals surface area contributed by atoms with Crippen molar-refractivity contribution < 1.29 is 23.2 Å². The van der Waals surface area contributed by atoms with Crippen LogP contribution in [0.4, 0.5) is 4.39 Å². The van der Waals surface area contributed by atoms with E-state index in [1.165, 1.54) is 19.2 Å². The largest absolute Gasteiger partial charge is 0.498 e. The molecule has 0 aromatic heterocycles. The van der Waals surface area contributed by atoms with E-state index in [0.717, 1.165) is 0 Å². The van der Waals surface area contributed by atoms with Crippen LogP contribution in [-0.4, -0.2) is 32.2 Å². The molecule has 0 aliphatic carbocycles. The summed E-state index contributed by atoms with van der Waals surface area (Å²) in [6.07, 6.45) is 0. The van der Waals surface area contributed by atoms with Crippen molar-refractivity contribution in [3.8, 4) is 5.75 Å². The molecule has 0 radical (unpaired) electrons.